The van der Waals surface area contributed by atoms with Gasteiger partial charge in [-0.3, -0.25) is 4.79 Å². The molecule has 1 unspecified atom stereocenters. The zero-order chi connectivity index (χ0) is 13.0. The van der Waals surface area contributed by atoms with Gasteiger partial charge in [-0.1, -0.05) is 24.3 Å². The van der Waals surface area contributed by atoms with Crippen molar-refractivity contribution in [2.45, 2.75) is 13.0 Å². The highest BCUT2D eigenvalue weighted by molar-refractivity contribution is 5.72. The lowest BCUT2D eigenvalue weighted by molar-refractivity contribution is -0.119. The molecule has 2 N–H and O–H groups in total. The number of amides is 1. The summed E-state index contributed by atoms with van der Waals surface area (Å²) in [4.78, 5) is 10.8. The Morgan fingerprint density at radius 1 is 1.33 bits per heavy atom. The summed E-state index contributed by atoms with van der Waals surface area (Å²) in [6, 6.07) is 11.1. The number of carbonyl (C=O) groups excluding carboxylic acids is 1. The van der Waals surface area contributed by atoms with Gasteiger partial charge in [-0.05, 0) is 17.7 Å². The monoisotopic (exact) mass is 245 g/mol. The second-order valence-electron chi connectivity index (χ2n) is 4.05. The molecular weight excluding hydrogens is 230 g/mol. The summed E-state index contributed by atoms with van der Waals surface area (Å²) in [7, 11) is 0. The number of hydrogen-bond acceptors (Lipinski definition) is 3. The maximum absolute atomic E-state index is 10.8. The molecule has 1 heterocycles. The highest BCUT2D eigenvalue weighted by Crippen LogP contribution is 2.22. The van der Waals surface area contributed by atoms with Gasteiger partial charge in [-0.2, -0.15) is 0 Å². The zero-order valence-electron chi connectivity index (χ0n) is 10.1. The summed E-state index contributed by atoms with van der Waals surface area (Å²) >= 11 is 0. The molecule has 1 amide bonds. The van der Waals surface area contributed by atoms with Crippen molar-refractivity contribution in [2.75, 3.05) is 6.54 Å². The Balaban J connectivity index is 2.05. The van der Waals surface area contributed by atoms with Gasteiger partial charge in [-0.15, -0.1) is 0 Å². The van der Waals surface area contributed by atoms with Crippen molar-refractivity contribution in [1.29, 1.82) is 0 Å². The molecule has 0 radical (unpaired) electrons. The van der Waals surface area contributed by atoms with E-state index in [1.54, 1.807) is 6.26 Å². The molecule has 4 nitrogen and oxygen atoms in total. The Morgan fingerprint density at radius 2 is 2.06 bits per heavy atom. The minimum atomic E-state index is -0.695. The normalized spacial score (nSPS) is 12.1. The van der Waals surface area contributed by atoms with Crippen LogP contribution in [0.15, 0.2) is 47.1 Å². The van der Waals surface area contributed by atoms with Crippen LogP contribution in [0.5, 0.6) is 0 Å². The SMILES string of the molecule is CC(=O)NCC(O)c1ccc(-c2ccco2)cc1. The second-order valence-corrected chi connectivity index (χ2v) is 4.05. The van der Waals surface area contributed by atoms with Gasteiger partial charge in [0, 0.05) is 19.0 Å². The van der Waals surface area contributed by atoms with E-state index >= 15 is 0 Å². The van der Waals surface area contributed by atoms with Gasteiger partial charge >= 0.3 is 0 Å². The summed E-state index contributed by atoms with van der Waals surface area (Å²) in [5, 5.41) is 12.4. The van der Waals surface area contributed by atoms with E-state index in [1.165, 1.54) is 6.92 Å². The third-order valence-electron chi connectivity index (χ3n) is 2.65. The number of furan rings is 1. The van der Waals surface area contributed by atoms with Crippen molar-refractivity contribution < 1.29 is 14.3 Å². The Kier molecular flexibility index (Phi) is 3.79. The van der Waals surface area contributed by atoms with Gasteiger partial charge in [0.05, 0.1) is 12.4 Å². The number of benzene rings is 1. The average molecular weight is 245 g/mol. The van der Waals surface area contributed by atoms with E-state index in [2.05, 4.69) is 5.32 Å². The van der Waals surface area contributed by atoms with E-state index in [0.29, 0.717) is 0 Å². The first-order valence-electron chi connectivity index (χ1n) is 5.73. The van der Waals surface area contributed by atoms with Crippen LogP contribution >= 0.6 is 0 Å². The number of rotatable bonds is 4. The molecule has 0 saturated carbocycles. The van der Waals surface area contributed by atoms with Gasteiger partial charge in [0.25, 0.3) is 0 Å². The molecule has 18 heavy (non-hydrogen) atoms. The molecule has 94 valence electrons. The Morgan fingerprint density at radius 3 is 2.61 bits per heavy atom. The van der Waals surface area contributed by atoms with Gasteiger partial charge in [0.1, 0.15) is 5.76 Å². The number of aliphatic hydroxyl groups is 1. The van der Waals surface area contributed by atoms with E-state index in [1.807, 2.05) is 36.4 Å². The van der Waals surface area contributed by atoms with Crippen molar-refractivity contribution in [3.63, 3.8) is 0 Å². The predicted octanol–water partition coefficient (Wildman–Crippen LogP) is 2.12. The molecule has 0 saturated heterocycles. The van der Waals surface area contributed by atoms with Crippen molar-refractivity contribution in [3.05, 3.63) is 48.2 Å². The van der Waals surface area contributed by atoms with Crippen molar-refractivity contribution in [3.8, 4) is 11.3 Å². The van der Waals surface area contributed by atoms with Gasteiger partial charge in [-0.25, -0.2) is 0 Å². The maximum atomic E-state index is 10.8. The van der Waals surface area contributed by atoms with Crippen LogP contribution in [0, 0.1) is 0 Å². The van der Waals surface area contributed by atoms with E-state index in [0.717, 1.165) is 16.9 Å². The fourth-order valence-corrected chi connectivity index (χ4v) is 1.67. The molecule has 0 bridgehead atoms. The lowest BCUT2D eigenvalue weighted by Gasteiger charge is -2.11. The van der Waals surface area contributed by atoms with E-state index in [9.17, 15) is 9.90 Å². The molecule has 1 aromatic heterocycles. The lowest BCUT2D eigenvalue weighted by atomic mass is 10.1. The standard InChI is InChI=1S/C14H15NO3/c1-10(16)15-9-13(17)11-4-6-12(7-5-11)14-3-2-8-18-14/h2-8,13,17H,9H2,1H3,(H,15,16). The third kappa shape index (κ3) is 2.99. The van der Waals surface area contributed by atoms with E-state index < -0.39 is 6.10 Å². The van der Waals surface area contributed by atoms with Crippen LogP contribution in [-0.4, -0.2) is 17.6 Å². The Bertz CT molecular complexity index is 502. The predicted molar refractivity (Wildman–Crippen MR) is 67.8 cm³/mol. The van der Waals surface area contributed by atoms with Crippen molar-refractivity contribution >= 4 is 5.91 Å². The number of carbonyl (C=O) groups is 1. The van der Waals surface area contributed by atoms with Crippen LogP contribution in [0.3, 0.4) is 0 Å². The van der Waals surface area contributed by atoms with Gasteiger partial charge in [0.2, 0.25) is 5.91 Å². The highest BCUT2D eigenvalue weighted by atomic mass is 16.3. The topological polar surface area (TPSA) is 62.5 Å². The number of nitrogens with one attached hydrogen (secondary N) is 1. The largest absolute Gasteiger partial charge is 0.464 e. The summed E-state index contributed by atoms with van der Waals surface area (Å²) in [5.74, 6) is 0.638. The Hall–Kier alpha value is -2.07. The van der Waals surface area contributed by atoms with Gasteiger partial charge < -0.3 is 14.8 Å². The number of aliphatic hydroxyl groups excluding tert-OH is 1. The van der Waals surface area contributed by atoms with Crippen molar-refractivity contribution in [2.24, 2.45) is 0 Å². The second kappa shape index (κ2) is 5.51. The fraction of sp³-hybridized carbons (Fsp3) is 0.214. The molecule has 4 heteroatoms. The van der Waals surface area contributed by atoms with Crippen LogP contribution in [0.25, 0.3) is 11.3 Å². The first-order chi connectivity index (χ1) is 8.66. The molecule has 0 spiro atoms. The van der Waals surface area contributed by atoms with E-state index in [-0.39, 0.29) is 12.5 Å². The molecule has 0 aliphatic rings. The minimum absolute atomic E-state index is 0.152. The van der Waals surface area contributed by atoms with Gasteiger partial charge in [0.15, 0.2) is 0 Å². The fourth-order valence-electron chi connectivity index (χ4n) is 1.67. The van der Waals surface area contributed by atoms with Crippen LogP contribution in [-0.2, 0) is 4.79 Å². The quantitative estimate of drug-likeness (QED) is 0.867. The Labute approximate surface area is 105 Å². The first kappa shape index (κ1) is 12.4. The van der Waals surface area contributed by atoms with Crippen LogP contribution < -0.4 is 5.32 Å². The lowest BCUT2D eigenvalue weighted by Crippen LogP contribution is -2.25. The van der Waals surface area contributed by atoms with Crippen LogP contribution in [0.1, 0.15) is 18.6 Å². The summed E-state index contributed by atoms with van der Waals surface area (Å²) < 4.78 is 5.28. The van der Waals surface area contributed by atoms with Crippen molar-refractivity contribution in [1.82, 2.24) is 5.32 Å². The third-order valence-corrected chi connectivity index (χ3v) is 2.65. The van der Waals surface area contributed by atoms with Crippen LogP contribution in [0.4, 0.5) is 0 Å². The van der Waals surface area contributed by atoms with Crippen LogP contribution in [0.2, 0.25) is 0 Å². The summed E-state index contributed by atoms with van der Waals surface area (Å²) in [6.45, 7) is 1.64. The average Bonchev–Trinajstić information content (AvgIpc) is 2.90. The summed E-state index contributed by atoms with van der Waals surface area (Å²) in [6.07, 6.45) is 0.925. The van der Waals surface area contributed by atoms with E-state index in [4.69, 9.17) is 4.42 Å². The molecule has 1 atom stereocenters. The zero-order valence-corrected chi connectivity index (χ0v) is 10.1. The summed E-state index contributed by atoms with van der Waals surface area (Å²) in [5.41, 5.74) is 1.72. The maximum Gasteiger partial charge on any atom is 0.216 e. The molecular formula is C14H15NO3. The first-order valence-corrected chi connectivity index (χ1v) is 5.73. The minimum Gasteiger partial charge on any atom is -0.464 e. The molecule has 2 rings (SSSR count). The molecule has 0 aliphatic heterocycles. The highest BCUT2D eigenvalue weighted by Gasteiger charge is 2.08. The number of hydrogen-bond donors (Lipinski definition) is 2. The molecule has 1 aromatic carbocycles. The molecule has 2 aromatic rings. The smallest absolute Gasteiger partial charge is 0.216 e. The molecule has 0 aliphatic carbocycles. The molecule has 0 fully saturated rings.